The van der Waals surface area contributed by atoms with Gasteiger partial charge in [0, 0.05) is 6.42 Å². The number of hydrogen-bond donors (Lipinski definition) is 2. The average molecular weight is 336 g/mol. The number of carbonyl (C=O) groups excluding carboxylic acids is 1. The van der Waals surface area contributed by atoms with E-state index in [0.29, 0.717) is 23.4 Å². The van der Waals surface area contributed by atoms with Crippen LogP contribution in [0.15, 0.2) is 24.3 Å². The number of halogens is 2. The normalized spacial score (nSPS) is 19.1. The number of nitrogens with zero attached hydrogens (tertiary/aromatic N) is 2. The van der Waals surface area contributed by atoms with E-state index in [1.807, 2.05) is 0 Å². The van der Waals surface area contributed by atoms with E-state index in [2.05, 4.69) is 15.6 Å². The molecule has 1 saturated heterocycles. The minimum atomic E-state index is -2.70. The largest absolute Gasteiger partial charge is 0.346 e. The second kappa shape index (κ2) is 7.25. The van der Waals surface area contributed by atoms with Crippen LogP contribution in [0.5, 0.6) is 0 Å². The van der Waals surface area contributed by atoms with Gasteiger partial charge in [-0.3, -0.25) is 9.36 Å². The standard InChI is InChI=1S/C17H22F2N4O/c1-11(21-15(24)7-6-12-8-9-20-10-12)16-22-13-4-2-3-5-14(13)23(16)17(18)19/h2-5,11-12,17,20H,6-10H2,1H3,(H,21,24). The van der Waals surface area contributed by atoms with E-state index in [0.717, 1.165) is 30.5 Å². The first-order chi connectivity index (χ1) is 11.6. The summed E-state index contributed by atoms with van der Waals surface area (Å²) in [5, 5.41) is 6.07. The zero-order chi connectivity index (χ0) is 17.1. The number of fused-ring (bicyclic) bond motifs is 1. The summed E-state index contributed by atoms with van der Waals surface area (Å²) in [4.78, 5) is 16.4. The van der Waals surface area contributed by atoms with Crippen molar-refractivity contribution in [2.45, 2.75) is 38.8 Å². The SMILES string of the molecule is CC(NC(=O)CCC1CCNC1)c1nc2ccccc2n1C(F)F. The van der Waals surface area contributed by atoms with Crippen LogP contribution < -0.4 is 10.6 Å². The molecule has 2 unspecified atom stereocenters. The maximum atomic E-state index is 13.4. The quantitative estimate of drug-likeness (QED) is 0.852. The number of hydrogen-bond acceptors (Lipinski definition) is 3. The summed E-state index contributed by atoms with van der Waals surface area (Å²) >= 11 is 0. The summed E-state index contributed by atoms with van der Waals surface area (Å²) in [6, 6.07) is 6.19. The van der Waals surface area contributed by atoms with Crippen LogP contribution in [-0.2, 0) is 4.79 Å². The van der Waals surface area contributed by atoms with E-state index >= 15 is 0 Å². The molecule has 0 bridgehead atoms. The minimum Gasteiger partial charge on any atom is -0.346 e. The van der Waals surface area contributed by atoms with Crippen molar-refractivity contribution in [1.82, 2.24) is 20.2 Å². The molecular weight excluding hydrogens is 314 g/mol. The third kappa shape index (κ3) is 3.56. The molecule has 2 atom stereocenters. The maximum absolute atomic E-state index is 13.4. The lowest BCUT2D eigenvalue weighted by atomic mass is 10.0. The molecule has 24 heavy (non-hydrogen) atoms. The summed E-state index contributed by atoms with van der Waals surface area (Å²) in [6.45, 7) is 0.941. The van der Waals surface area contributed by atoms with Crippen LogP contribution in [0.3, 0.4) is 0 Å². The second-order valence-electron chi connectivity index (χ2n) is 6.29. The summed E-state index contributed by atoms with van der Waals surface area (Å²) < 4.78 is 27.8. The molecule has 1 aliphatic heterocycles. The van der Waals surface area contributed by atoms with Crippen LogP contribution in [0.2, 0.25) is 0 Å². The molecule has 3 rings (SSSR count). The zero-order valence-corrected chi connectivity index (χ0v) is 13.6. The number of rotatable bonds is 6. The highest BCUT2D eigenvalue weighted by molar-refractivity contribution is 5.78. The Bertz CT molecular complexity index is 710. The van der Waals surface area contributed by atoms with Gasteiger partial charge in [-0.2, -0.15) is 8.78 Å². The van der Waals surface area contributed by atoms with Gasteiger partial charge in [0.1, 0.15) is 5.82 Å². The van der Waals surface area contributed by atoms with E-state index < -0.39 is 12.6 Å². The smallest absolute Gasteiger partial charge is 0.320 e. The van der Waals surface area contributed by atoms with Crippen molar-refractivity contribution in [2.24, 2.45) is 5.92 Å². The minimum absolute atomic E-state index is 0.123. The lowest BCUT2D eigenvalue weighted by Crippen LogP contribution is -2.29. The molecule has 5 nitrogen and oxygen atoms in total. The van der Waals surface area contributed by atoms with E-state index in [9.17, 15) is 13.6 Å². The summed E-state index contributed by atoms with van der Waals surface area (Å²) in [5.74, 6) is 0.584. The topological polar surface area (TPSA) is 59.0 Å². The summed E-state index contributed by atoms with van der Waals surface area (Å²) in [7, 11) is 0. The van der Waals surface area contributed by atoms with E-state index in [1.165, 1.54) is 0 Å². The van der Waals surface area contributed by atoms with Gasteiger partial charge in [-0.05, 0) is 50.9 Å². The highest BCUT2D eigenvalue weighted by Crippen LogP contribution is 2.26. The Morgan fingerprint density at radius 1 is 1.46 bits per heavy atom. The van der Waals surface area contributed by atoms with Crippen molar-refractivity contribution in [3.05, 3.63) is 30.1 Å². The molecule has 7 heteroatoms. The van der Waals surface area contributed by atoms with Gasteiger partial charge in [0.25, 0.3) is 0 Å². The van der Waals surface area contributed by atoms with Crippen molar-refractivity contribution >= 4 is 16.9 Å². The van der Waals surface area contributed by atoms with Gasteiger partial charge in [0.15, 0.2) is 0 Å². The maximum Gasteiger partial charge on any atom is 0.320 e. The number of amides is 1. The number of benzene rings is 1. The van der Waals surface area contributed by atoms with Gasteiger partial charge >= 0.3 is 6.55 Å². The Labute approximate surface area is 139 Å². The predicted molar refractivity (Wildman–Crippen MR) is 87.8 cm³/mol. The Morgan fingerprint density at radius 2 is 2.25 bits per heavy atom. The number of imidazole rings is 1. The summed E-state index contributed by atoms with van der Waals surface area (Å²) in [5.41, 5.74) is 0.881. The van der Waals surface area contributed by atoms with Gasteiger partial charge in [-0.25, -0.2) is 4.98 Å². The number of aromatic nitrogens is 2. The molecule has 1 aromatic heterocycles. The van der Waals surface area contributed by atoms with Crippen molar-refractivity contribution in [1.29, 1.82) is 0 Å². The van der Waals surface area contributed by atoms with Crippen LogP contribution in [0.1, 0.15) is 44.6 Å². The molecule has 0 radical (unpaired) electrons. The molecule has 0 saturated carbocycles. The third-order valence-corrected chi connectivity index (χ3v) is 4.53. The predicted octanol–water partition coefficient (Wildman–Crippen LogP) is 3.00. The van der Waals surface area contributed by atoms with Crippen LogP contribution in [0, 0.1) is 5.92 Å². The fourth-order valence-corrected chi connectivity index (χ4v) is 3.25. The molecule has 2 N–H and O–H groups in total. The molecule has 2 aromatic rings. The van der Waals surface area contributed by atoms with E-state index in [-0.39, 0.29) is 11.7 Å². The average Bonchev–Trinajstić information content (AvgIpc) is 3.20. The Hall–Kier alpha value is -2.02. The molecular formula is C17H22F2N4O. The van der Waals surface area contributed by atoms with Crippen LogP contribution in [0.25, 0.3) is 11.0 Å². The van der Waals surface area contributed by atoms with Gasteiger partial charge < -0.3 is 10.6 Å². The molecule has 1 aromatic carbocycles. The molecule has 1 fully saturated rings. The van der Waals surface area contributed by atoms with Crippen molar-refractivity contribution < 1.29 is 13.6 Å². The lowest BCUT2D eigenvalue weighted by molar-refractivity contribution is -0.122. The Balaban J connectivity index is 1.69. The molecule has 1 amide bonds. The molecule has 0 aliphatic carbocycles. The Morgan fingerprint density at radius 3 is 2.96 bits per heavy atom. The molecule has 130 valence electrons. The first kappa shape index (κ1) is 16.8. The second-order valence-corrected chi connectivity index (χ2v) is 6.29. The number of carbonyl (C=O) groups is 1. The van der Waals surface area contributed by atoms with Crippen molar-refractivity contribution in [3.63, 3.8) is 0 Å². The Kier molecular flexibility index (Phi) is 5.08. The van der Waals surface area contributed by atoms with Crippen LogP contribution in [-0.4, -0.2) is 28.5 Å². The van der Waals surface area contributed by atoms with Crippen LogP contribution in [0.4, 0.5) is 8.78 Å². The van der Waals surface area contributed by atoms with Gasteiger partial charge in [-0.15, -0.1) is 0 Å². The fourth-order valence-electron chi connectivity index (χ4n) is 3.25. The third-order valence-electron chi connectivity index (χ3n) is 4.53. The number of nitrogens with one attached hydrogen (secondary N) is 2. The van der Waals surface area contributed by atoms with E-state index in [4.69, 9.17) is 0 Å². The fraction of sp³-hybridized carbons (Fsp3) is 0.529. The monoisotopic (exact) mass is 336 g/mol. The summed E-state index contributed by atoms with van der Waals surface area (Å²) in [6.07, 6.45) is 2.31. The highest BCUT2D eigenvalue weighted by Gasteiger charge is 2.23. The van der Waals surface area contributed by atoms with Crippen molar-refractivity contribution in [2.75, 3.05) is 13.1 Å². The molecule has 2 heterocycles. The first-order valence-corrected chi connectivity index (χ1v) is 8.31. The highest BCUT2D eigenvalue weighted by atomic mass is 19.3. The lowest BCUT2D eigenvalue weighted by Gasteiger charge is -2.16. The van der Waals surface area contributed by atoms with Gasteiger partial charge in [-0.1, -0.05) is 12.1 Å². The first-order valence-electron chi connectivity index (χ1n) is 8.31. The van der Waals surface area contributed by atoms with Crippen molar-refractivity contribution in [3.8, 4) is 0 Å². The van der Waals surface area contributed by atoms with Crippen LogP contribution >= 0.6 is 0 Å². The number of para-hydroxylation sites is 2. The number of alkyl halides is 2. The molecule has 0 spiro atoms. The van der Waals surface area contributed by atoms with E-state index in [1.54, 1.807) is 31.2 Å². The van der Waals surface area contributed by atoms with Gasteiger partial charge in [0.05, 0.1) is 17.1 Å². The zero-order valence-electron chi connectivity index (χ0n) is 13.6. The van der Waals surface area contributed by atoms with Gasteiger partial charge in [0.2, 0.25) is 5.91 Å². The molecule has 1 aliphatic rings.